The number of nitrogens with zero attached hydrogens (tertiary/aromatic N) is 5. The van der Waals surface area contributed by atoms with Gasteiger partial charge in [0.2, 0.25) is 11.8 Å². The standard InChI is InChI=1S/C21H26ClN5O2S/c1-15-4-5-17(12-18(15)22)27-14-23-24-21(27)30-13-19(28)25-10-6-16(7-11-25)20(29)26-8-2-3-9-26/h4-5,12,14,16H,2-3,6-11,13H2,1H3. The molecule has 1 aromatic carbocycles. The van der Waals surface area contributed by atoms with Crippen molar-refractivity contribution in [2.45, 2.75) is 37.8 Å². The number of rotatable bonds is 5. The molecule has 3 heterocycles. The average Bonchev–Trinajstić information content (AvgIpc) is 3.46. The van der Waals surface area contributed by atoms with E-state index in [4.69, 9.17) is 11.6 Å². The fourth-order valence-electron chi connectivity index (χ4n) is 4.02. The summed E-state index contributed by atoms with van der Waals surface area (Å²) in [4.78, 5) is 29.1. The van der Waals surface area contributed by atoms with Gasteiger partial charge in [-0.1, -0.05) is 29.4 Å². The molecule has 0 spiro atoms. The molecule has 4 rings (SSSR count). The molecule has 7 nitrogen and oxygen atoms in total. The SMILES string of the molecule is Cc1ccc(-n2cnnc2SCC(=O)N2CCC(C(=O)N3CCCC3)CC2)cc1Cl. The lowest BCUT2D eigenvalue weighted by molar-refractivity contribution is -0.139. The number of benzene rings is 1. The van der Waals surface area contributed by atoms with Crippen LogP contribution < -0.4 is 0 Å². The third-order valence-electron chi connectivity index (χ3n) is 5.89. The van der Waals surface area contributed by atoms with Crippen LogP contribution >= 0.6 is 23.4 Å². The van der Waals surface area contributed by atoms with Crippen LogP contribution in [0, 0.1) is 12.8 Å². The largest absolute Gasteiger partial charge is 0.342 e. The predicted octanol–water partition coefficient (Wildman–Crippen LogP) is 3.18. The van der Waals surface area contributed by atoms with E-state index in [1.54, 1.807) is 6.33 Å². The summed E-state index contributed by atoms with van der Waals surface area (Å²) in [5.74, 6) is 0.708. The number of aromatic nitrogens is 3. The highest BCUT2D eigenvalue weighted by atomic mass is 35.5. The first-order valence-corrected chi connectivity index (χ1v) is 11.7. The molecule has 2 saturated heterocycles. The quantitative estimate of drug-likeness (QED) is 0.658. The molecule has 9 heteroatoms. The van der Waals surface area contributed by atoms with Crippen LogP contribution in [-0.2, 0) is 9.59 Å². The van der Waals surface area contributed by atoms with Crippen LogP contribution in [0.4, 0.5) is 0 Å². The Labute approximate surface area is 185 Å². The molecule has 0 atom stereocenters. The minimum atomic E-state index is 0.0641. The highest BCUT2D eigenvalue weighted by Crippen LogP contribution is 2.26. The van der Waals surface area contributed by atoms with Gasteiger partial charge in [-0.15, -0.1) is 10.2 Å². The zero-order chi connectivity index (χ0) is 21.1. The van der Waals surface area contributed by atoms with Crippen molar-refractivity contribution in [2.75, 3.05) is 31.9 Å². The normalized spacial score (nSPS) is 17.5. The second-order valence-corrected chi connectivity index (χ2v) is 9.24. The number of halogens is 1. The number of carbonyl (C=O) groups is 2. The molecule has 0 radical (unpaired) electrons. The lowest BCUT2D eigenvalue weighted by Gasteiger charge is -2.33. The zero-order valence-corrected chi connectivity index (χ0v) is 18.7. The van der Waals surface area contributed by atoms with Gasteiger partial charge < -0.3 is 9.80 Å². The van der Waals surface area contributed by atoms with Crippen LogP contribution in [-0.4, -0.2) is 68.3 Å². The zero-order valence-electron chi connectivity index (χ0n) is 17.1. The second kappa shape index (κ2) is 9.39. The van der Waals surface area contributed by atoms with Crippen molar-refractivity contribution in [1.29, 1.82) is 0 Å². The Bertz CT molecular complexity index is 920. The second-order valence-electron chi connectivity index (χ2n) is 7.89. The van der Waals surface area contributed by atoms with Crippen molar-refractivity contribution in [3.63, 3.8) is 0 Å². The Morgan fingerprint density at radius 2 is 1.87 bits per heavy atom. The van der Waals surface area contributed by atoms with E-state index < -0.39 is 0 Å². The number of amides is 2. The molecular formula is C21H26ClN5O2S. The molecule has 2 fully saturated rings. The topological polar surface area (TPSA) is 71.3 Å². The van der Waals surface area contributed by atoms with Crippen molar-refractivity contribution in [3.8, 4) is 5.69 Å². The molecule has 160 valence electrons. The molecule has 0 N–H and O–H groups in total. The fourth-order valence-corrected chi connectivity index (χ4v) is 5.03. The minimum Gasteiger partial charge on any atom is -0.342 e. The summed E-state index contributed by atoms with van der Waals surface area (Å²) in [7, 11) is 0. The number of hydrogen-bond donors (Lipinski definition) is 0. The highest BCUT2D eigenvalue weighted by Gasteiger charge is 2.31. The predicted molar refractivity (Wildman–Crippen MR) is 117 cm³/mol. The maximum absolute atomic E-state index is 12.7. The molecule has 0 saturated carbocycles. The molecule has 2 amide bonds. The first kappa shape index (κ1) is 21.2. The summed E-state index contributed by atoms with van der Waals surface area (Å²) in [5.41, 5.74) is 1.87. The van der Waals surface area contributed by atoms with E-state index in [1.807, 2.05) is 39.5 Å². The molecule has 0 aliphatic carbocycles. The van der Waals surface area contributed by atoms with E-state index in [2.05, 4.69) is 10.2 Å². The fraction of sp³-hybridized carbons (Fsp3) is 0.524. The van der Waals surface area contributed by atoms with Gasteiger partial charge in [0.1, 0.15) is 6.33 Å². The summed E-state index contributed by atoms with van der Waals surface area (Å²) in [6.45, 7) is 5.02. The molecule has 0 bridgehead atoms. The first-order valence-electron chi connectivity index (χ1n) is 10.4. The van der Waals surface area contributed by atoms with Gasteiger partial charge in [0.05, 0.1) is 11.4 Å². The van der Waals surface area contributed by atoms with Crippen LogP contribution in [0.15, 0.2) is 29.7 Å². The van der Waals surface area contributed by atoms with Gasteiger partial charge in [0.15, 0.2) is 5.16 Å². The summed E-state index contributed by atoms with van der Waals surface area (Å²) < 4.78 is 1.84. The molecule has 2 aliphatic heterocycles. The Morgan fingerprint density at radius 1 is 1.13 bits per heavy atom. The van der Waals surface area contributed by atoms with Crippen molar-refractivity contribution < 1.29 is 9.59 Å². The summed E-state index contributed by atoms with van der Waals surface area (Å²) in [6, 6.07) is 5.78. The van der Waals surface area contributed by atoms with E-state index in [0.717, 1.165) is 50.0 Å². The highest BCUT2D eigenvalue weighted by molar-refractivity contribution is 7.99. The van der Waals surface area contributed by atoms with Crippen LogP contribution in [0.2, 0.25) is 5.02 Å². The van der Waals surface area contributed by atoms with Gasteiger partial charge in [-0.3, -0.25) is 14.2 Å². The molecule has 0 unspecified atom stereocenters. The van der Waals surface area contributed by atoms with Crippen molar-refractivity contribution in [1.82, 2.24) is 24.6 Å². The summed E-state index contributed by atoms with van der Waals surface area (Å²) in [5, 5.41) is 9.48. The lowest BCUT2D eigenvalue weighted by Crippen LogP contribution is -2.44. The Hall–Kier alpha value is -2.06. The van der Waals surface area contributed by atoms with Crippen LogP contribution in [0.1, 0.15) is 31.2 Å². The van der Waals surface area contributed by atoms with Crippen molar-refractivity contribution in [3.05, 3.63) is 35.1 Å². The number of likely N-dealkylation sites (tertiary alicyclic amines) is 2. The monoisotopic (exact) mass is 447 g/mol. The Balaban J connectivity index is 1.30. The summed E-state index contributed by atoms with van der Waals surface area (Å²) in [6.07, 6.45) is 5.36. The van der Waals surface area contributed by atoms with Gasteiger partial charge >= 0.3 is 0 Å². The number of carbonyl (C=O) groups excluding carboxylic acids is 2. The van der Waals surface area contributed by atoms with Crippen LogP contribution in [0.5, 0.6) is 0 Å². The van der Waals surface area contributed by atoms with E-state index in [-0.39, 0.29) is 17.7 Å². The molecule has 2 aromatic rings. The van der Waals surface area contributed by atoms with Gasteiger partial charge in [-0.05, 0) is 50.3 Å². The van der Waals surface area contributed by atoms with E-state index >= 15 is 0 Å². The first-order chi connectivity index (χ1) is 14.5. The minimum absolute atomic E-state index is 0.0641. The molecular weight excluding hydrogens is 422 g/mol. The summed E-state index contributed by atoms with van der Waals surface area (Å²) >= 11 is 7.61. The number of thioether (sulfide) groups is 1. The van der Waals surface area contributed by atoms with Crippen LogP contribution in [0.25, 0.3) is 5.69 Å². The lowest BCUT2D eigenvalue weighted by atomic mass is 9.95. The van der Waals surface area contributed by atoms with E-state index in [0.29, 0.717) is 29.0 Å². The number of hydrogen-bond acceptors (Lipinski definition) is 5. The van der Waals surface area contributed by atoms with Crippen molar-refractivity contribution in [2.24, 2.45) is 5.92 Å². The third kappa shape index (κ3) is 4.64. The molecule has 2 aliphatic rings. The van der Waals surface area contributed by atoms with Crippen molar-refractivity contribution >= 4 is 35.2 Å². The maximum Gasteiger partial charge on any atom is 0.233 e. The Kier molecular flexibility index (Phi) is 6.63. The van der Waals surface area contributed by atoms with Gasteiger partial charge in [0.25, 0.3) is 0 Å². The number of piperidine rings is 1. The Morgan fingerprint density at radius 3 is 2.57 bits per heavy atom. The molecule has 1 aromatic heterocycles. The van der Waals surface area contributed by atoms with E-state index in [1.165, 1.54) is 11.8 Å². The molecule has 30 heavy (non-hydrogen) atoms. The van der Waals surface area contributed by atoms with Gasteiger partial charge in [-0.2, -0.15) is 0 Å². The average molecular weight is 448 g/mol. The van der Waals surface area contributed by atoms with E-state index in [9.17, 15) is 9.59 Å². The number of aryl methyl sites for hydroxylation is 1. The third-order valence-corrected chi connectivity index (χ3v) is 7.22. The van der Waals surface area contributed by atoms with Gasteiger partial charge in [0, 0.05) is 37.1 Å². The smallest absolute Gasteiger partial charge is 0.233 e. The van der Waals surface area contributed by atoms with Crippen LogP contribution in [0.3, 0.4) is 0 Å². The van der Waals surface area contributed by atoms with Gasteiger partial charge in [-0.25, -0.2) is 0 Å². The maximum atomic E-state index is 12.7.